The zero-order valence-corrected chi connectivity index (χ0v) is 12.1. The predicted octanol–water partition coefficient (Wildman–Crippen LogP) is 4.62. The molecule has 1 aliphatic carbocycles. The van der Waals surface area contributed by atoms with Crippen LogP contribution in [0.15, 0.2) is 0 Å². The summed E-state index contributed by atoms with van der Waals surface area (Å²) in [5.74, 6) is -1.52. The maximum Gasteiger partial charge on any atom is 0.248 e. The van der Waals surface area contributed by atoms with Gasteiger partial charge in [-0.15, -0.1) is 0 Å². The van der Waals surface area contributed by atoms with E-state index in [2.05, 4.69) is 26.1 Å². The van der Waals surface area contributed by atoms with Gasteiger partial charge in [0.2, 0.25) is 5.92 Å². The highest BCUT2D eigenvalue weighted by Gasteiger charge is 2.42. The van der Waals surface area contributed by atoms with Gasteiger partial charge in [-0.05, 0) is 37.6 Å². The largest absolute Gasteiger partial charge is 0.314 e. The molecular formula is C15H29F2N. The van der Waals surface area contributed by atoms with Crippen molar-refractivity contribution in [1.29, 1.82) is 0 Å². The van der Waals surface area contributed by atoms with E-state index in [4.69, 9.17) is 0 Å². The van der Waals surface area contributed by atoms with Crippen LogP contribution in [0.5, 0.6) is 0 Å². The molecule has 0 aromatic heterocycles. The van der Waals surface area contributed by atoms with Gasteiger partial charge in [-0.1, -0.05) is 33.6 Å². The molecule has 2 atom stereocenters. The summed E-state index contributed by atoms with van der Waals surface area (Å²) < 4.78 is 26.6. The molecule has 0 spiro atoms. The van der Waals surface area contributed by atoms with Crippen LogP contribution >= 0.6 is 0 Å². The van der Waals surface area contributed by atoms with Crippen molar-refractivity contribution in [3.63, 3.8) is 0 Å². The predicted molar refractivity (Wildman–Crippen MR) is 73.1 cm³/mol. The van der Waals surface area contributed by atoms with Gasteiger partial charge in [0.25, 0.3) is 0 Å². The summed E-state index contributed by atoms with van der Waals surface area (Å²) in [5, 5.41) is 3.49. The van der Waals surface area contributed by atoms with E-state index < -0.39 is 5.92 Å². The highest BCUT2D eigenvalue weighted by atomic mass is 19.3. The molecular weight excluding hydrogens is 232 g/mol. The Balaban J connectivity index is 2.40. The fourth-order valence-corrected chi connectivity index (χ4v) is 2.91. The molecule has 0 amide bonds. The first-order valence-electron chi connectivity index (χ1n) is 7.56. The van der Waals surface area contributed by atoms with E-state index in [-0.39, 0.29) is 18.8 Å². The molecule has 0 heterocycles. The molecule has 1 rings (SSSR count). The van der Waals surface area contributed by atoms with Gasteiger partial charge in [-0.3, -0.25) is 0 Å². The lowest BCUT2D eigenvalue weighted by molar-refractivity contribution is 0.00309. The fourth-order valence-electron chi connectivity index (χ4n) is 2.91. The molecule has 1 fully saturated rings. The van der Waals surface area contributed by atoms with E-state index in [1.165, 1.54) is 6.42 Å². The van der Waals surface area contributed by atoms with Gasteiger partial charge in [0.05, 0.1) is 0 Å². The molecule has 108 valence electrons. The third-order valence-corrected chi connectivity index (χ3v) is 3.96. The number of hydrogen-bond donors (Lipinski definition) is 1. The number of rotatable bonds is 8. The van der Waals surface area contributed by atoms with Crippen molar-refractivity contribution in [2.24, 2.45) is 11.8 Å². The first-order valence-corrected chi connectivity index (χ1v) is 7.56. The zero-order valence-electron chi connectivity index (χ0n) is 12.1. The topological polar surface area (TPSA) is 12.0 Å². The molecule has 18 heavy (non-hydrogen) atoms. The standard InChI is InChI=1S/C15H29F2N/c1-4-10-18-14(7-5-6-12(2)3)13-8-9-15(16,17)11-13/h12-14,18H,4-11H2,1-3H3. The first-order chi connectivity index (χ1) is 8.44. The quantitative estimate of drug-likeness (QED) is 0.672. The van der Waals surface area contributed by atoms with Crippen molar-refractivity contribution in [3.05, 3.63) is 0 Å². The van der Waals surface area contributed by atoms with Crippen molar-refractivity contribution >= 4 is 0 Å². The minimum Gasteiger partial charge on any atom is -0.314 e. The molecule has 3 heteroatoms. The summed E-state index contributed by atoms with van der Waals surface area (Å²) >= 11 is 0. The molecule has 1 nitrogen and oxygen atoms in total. The summed E-state index contributed by atoms with van der Waals surface area (Å²) in [6.07, 6.45) is 5.36. The highest BCUT2D eigenvalue weighted by molar-refractivity contribution is 4.88. The Hall–Kier alpha value is -0.180. The monoisotopic (exact) mass is 261 g/mol. The Bertz CT molecular complexity index is 229. The third kappa shape index (κ3) is 5.64. The number of nitrogens with one attached hydrogen (secondary N) is 1. The molecule has 1 aliphatic rings. The van der Waals surface area contributed by atoms with Crippen molar-refractivity contribution < 1.29 is 8.78 Å². The molecule has 1 saturated carbocycles. The van der Waals surface area contributed by atoms with Crippen LogP contribution < -0.4 is 5.32 Å². The van der Waals surface area contributed by atoms with Crippen LogP contribution in [0, 0.1) is 11.8 Å². The average Bonchev–Trinajstić information content (AvgIpc) is 2.63. The highest BCUT2D eigenvalue weighted by Crippen LogP contribution is 2.41. The van der Waals surface area contributed by atoms with Crippen LogP contribution in [-0.4, -0.2) is 18.5 Å². The molecule has 2 unspecified atom stereocenters. The van der Waals surface area contributed by atoms with Crippen molar-refractivity contribution in [1.82, 2.24) is 5.32 Å². The van der Waals surface area contributed by atoms with Crippen LogP contribution in [0.25, 0.3) is 0 Å². The SMILES string of the molecule is CCCNC(CCCC(C)C)C1CCC(F)(F)C1. The maximum atomic E-state index is 13.3. The van der Waals surface area contributed by atoms with Crippen molar-refractivity contribution in [2.45, 2.75) is 77.7 Å². The van der Waals surface area contributed by atoms with Crippen LogP contribution in [0.1, 0.15) is 65.7 Å². The van der Waals surface area contributed by atoms with Crippen LogP contribution in [0.2, 0.25) is 0 Å². The minimum absolute atomic E-state index is 0.0894. The Morgan fingerprint density at radius 2 is 2.00 bits per heavy atom. The smallest absolute Gasteiger partial charge is 0.248 e. The average molecular weight is 261 g/mol. The molecule has 0 saturated heterocycles. The summed E-state index contributed by atoms with van der Waals surface area (Å²) in [6, 6.07) is 0.303. The molecule has 0 aliphatic heterocycles. The Kier molecular flexibility index (Phi) is 6.54. The van der Waals surface area contributed by atoms with Gasteiger partial charge >= 0.3 is 0 Å². The fraction of sp³-hybridized carbons (Fsp3) is 1.00. The normalized spacial score (nSPS) is 24.7. The van der Waals surface area contributed by atoms with E-state index in [0.717, 1.165) is 25.8 Å². The Morgan fingerprint density at radius 3 is 2.50 bits per heavy atom. The van der Waals surface area contributed by atoms with E-state index in [9.17, 15) is 8.78 Å². The summed E-state index contributed by atoms with van der Waals surface area (Å²) in [7, 11) is 0. The second-order valence-electron chi connectivity index (χ2n) is 6.24. The van der Waals surface area contributed by atoms with Crippen LogP contribution in [-0.2, 0) is 0 Å². The van der Waals surface area contributed by atoms with Crippen LogP contribution in [0.3, 0.4) is 0 Å². The van der Waals surface area contributed by atoms with Gasteiger partial charge in [0, 0.05) is 18.9 Å². The second kappa shape index (κ2) is 7.42. The van der Waals surface area contributed by atoms with Crippen molar-refractivity contribution in [2.75, 3.05) is 6.54 Å². The van der Waals surface area contributed by atoms with Gasteiger partial charge in [0.15, 0.2) is 0 Å². The molecule has 0 bridgehead atoms. The lowest BCUT2D eigenvalue weighted by Crippen LogP contribution is -2.36. The minimum atomic E-state index is -2.41. The van der Waals surface area contributed by atoms with E-state index in [0.29, 0.717) is 18.4 Å². The molecule has 0 aromatic carbocycles. The number of hydrogen-bond acceptors (Lipinski definition) is 1. The second-order valence-corrected chi connectivity index (χ2v) is 6.24. The summed E-state index contributed by atoms with van der Waals surface area (Å²) in [6.45, 7) is 7.52. The zero-order chi connectivity index (χ0) is 13.6. The lowest BCUT2D eigenvalue weighted by atomic mass is 9.92. The van der Waals surface area contributed by atoms with E-state index in [1.807, 2.05) is 0 Å². The van der Waals surface area contributed by atoms with Crippen LogP contribution in [0.4, 0.5) is 8.78 Å². The first kappa shape index (κ1) is 15.9. The Morgan fingerprint density at radius 1 is 1.28 bits per heavy atom. The van der Waals surface area contributed by atoms with Gasteiger partial charge < -0.3 is 5.32 Å². The maximum absolute atomic E-state index is 13.3. The Labute approximate surface area is 111 Å². The van der Waals surface area contributed by atoms with E-state index >= 15 is 0 Å². The summed E-state index contributed by atoms with van der Waals surface area (Å²) in [5.41, 5.74) is 0. The summed E-state index contributed by atoms with van der Waals surface area (Å²) in [4.78, 5) is 0. The van der Waals surface area contributed by atoms with E-state index in [1.54, 1.807) is 0 Å². The lowest BCUT2D eigenvalue weighted by Gasteiger charge is -2.25. The molecule has 0 radical (unpaired) electrons. The van der Waals surface area contributed by atoms with Gasteiger partial charge in [0.1, 0.15) is 0 Å². The molecule has 1 N–H and O–H groups in total. The van der Waals surface area contributed by atoms with Gasteiger partial charge in [-0.25, -0.2) is 8.78 Å². The van der Waals surface area contributed by atoms with Gasteiger partial charge in [-0.2, -0.15) is 0 Å². The number of halogens is 2. The number of alkyl halides is 2. The third-order valence-electron chi connectivity index (χ3n) is 3.96. The molecule has 0 aromatic rings. The van der Waals surface area contributed by atoms with Crippen molar-refractivity contribution in [3.8, 4) is 0 Å².